The second-order valence-electron chi connectivity index (χ2n) is 5.41. The number of guanidine groups is 1. The van der Waals surface area contributed by atoms with Crippen LogP contribution in [0.2, 0.25) is 0 Å². The lowest BCUT2D eigenvalue weighted by molar-refractivity contribution is -0.274. The van der Waals surface area contributed by atoms with Gasteiger partial charge in [0.1, 0.15) is 11.4 Å². The zero-order valence-corrected chi connectivity index (χ0v) is 16.3. The van der Waals surface area contributed by atoms with Crippen molar-refractivity contribution in [2.75, 3.05) is 11.9 Å². The fourth-order valence-corrected chi connectivity index (χ4v) is 2.33. The predicted molar refractivity (Wildman–Crippen MR) is 108 cm³/mol. The number of fused-ring (bicyclic) bond motifs is 1. The number of nitrogens with two attached hydrogens (primary N) is 1. The fourth-order valence-electron chi connectivity index (χ4n) is 2.33. The molecule has 0 aliphatic heterocycles. The Bertz CT molecular complexity index is 876. The van der Waals surface area contributed by atoms with Gasteiger partial charge in [0.2, 0.25) is 0 Å². The molecule has 2 heterocycles. The molecule has 0 saturated carbocycles. The Morgan fingerprint density at radius 1 is 1.19 bits per heavy atom. The maximum Gasteiger partial charge on any atom is 0.573 e. The van der Waals surface area contributed by atoms with Crippen LogP contribution in [0.5, 0.6) is 5.75 Å². The number of pyridine rings is 1. The van der Waals surface area contributed by atoms with Crippen LogP contribution in [0.1, 0.15) is 5.69 Å². The van der Waals surface area contributed by atoms with E-state index in [0.717, 1.165) is 11.3 Å². The van der Waals surface area contributed by atoms with Gasteiger partial charge in [0.15, 0.2) is 5.96 Å². The van der Waals surface area contributed by atoms with Gasteiger partial charge in [-0.05, 0) is 36.4 Å². The molecule has 1 aromatic carbocycles. The van der Waals surface area contributed by atoms with Crippen LogP contribution in [0.25, 0.3) is 5.65 Å². The first-order valence-corrected chi connectivity index (χ1v) is 7.74. The molecule has 0 aliphatic carbocycles. The van der Waals surface area contributed by atoms with Crippen molar-refractivity contribution >= 4 is 41.3 Å². The minimum Gasteiger partial charge on any atom is -0.406 e. The molecule has 3 rings (SSSR count). The molecular weight excluding hydrogens is 474 g/mol. The second kappa shape index (κ2) is 8.93. The zero-order valence-electron chi connectivity index (χ0n) is 14.0. The largest absolute Gasteiger partial charge is 0.573 e. The van der Waals surface area contributed by atoms with Crippen LogP contribution >= 0.6 is 24.0 Å². The molecule has 144 valence electrons. The highest BCUT2D eigenvalue weighted by Gasteiger charge is 2.30. The molecule has 10 heteroatoms. The predicted octanol–water partition coefficient (Wildman–Crippen LogP) is 3.82. The van der Waals surface area contributed by atoms with Crippen molar-refractivity contribution in [3.63, 3.8) is 0 Å². The van der Waals surface area contributed by atoms with E-state index in [1.807, 2.05) is 35.0 Å². The van der Waals surface area contributed by atoms with Gasteiger partial charge in [-0.25, -0.2) is 4.98 Å². The van der Waals surface area contributed by atoms with Gasteiger partial charge in [-0.1, -0.05) is 6.07 Å². The van der Waals surface area contributed by atoms with Gasteiger partial charge >= 0.3 is 6.36 Å². The summed E-state index contributed by atoms with van der Waals surface area (Å²) in [6.45, 7) is 0.429. The van der Waals surface area contributed by atoms with Crippen LogP contribution in [0.3, 0.4) is 0 Å². The topological polar surface area (TPSA) is 76.9 Å². The monoisotopic (exact) mass is 491 g/mol. The summed E-state index contributed by atoms with van der Waals surface area (Å²) in [5.41, 5.74) is 8.04. The van der Waals surface area contributed by atoms with Crippen LogP contribution in [0.4, 0.5) is 18.9 Å². The average Bonchev–Trinajstić information content (AvgIpc) is 2.98. The van der Waals surface area contributed by atoms with E-state index in [0.29, 0.717) is 18.7 Å². The van der Waals surface area contributed by atoms with Crippen molar-refractivity contribution in [3.05, 3.63) is 60.6 Å². The zero-order chi connectivity index (χ0) is 18.6. The quantitative estimate of drug-likeness (QED) is 0.323. The Kier molecular flexibility index (Phi) is 6.88. The van der Waals surface area contributed by atoms with Gasteiger partial charge in [0, 0.05) is 31.0 Å². The van der Waals surface area contributed by atoms with Gasteiger partial charge in [-0.15, -0.1) is 37.1 Å². The lowest BCUT2D eigenvalue weighted by Gasteiger charge is -2.10. The minimum absolute atomic E-state index is 0. The Morgan fingerprint density at radius 2 is 1.93 bits per heavy atom. The van der Waals surface area contributed by atoms with E-state index >= 15 is 0 Å². The summed E-state index contributed by atoms with van der Waals surface area (Å²) < 4.78 is 42.1. The summed E-state index contributed by atoms with van der Waals surface area (Å²) in [6, 6.07) is 11.0. The number of aromatic nitrogens is 2. The molecule has 0 atom stereocenters. The number of anilines is 1. The molecule has 0 unspecified atom stereocenters. The minimum atomic E-state index is -4.71. The smallest absolute Gasteiger partial charge is 0.406 e. The number of benzene rings is 1. The molecule has 0 fully saturated rings. The van der Waals surface area contributed by atoms with E-state index in [9.17, 15) is 13.2 Å². The van der Waals surface area contributed by atoms with Crippen molar-refractivity contribution in [1.29, 1.82) is 0 Å². The van der Waals surface area contributed by atoms with Crippen molar-refractivity contribution in [3.8, 4) is 5.75 Å². The molecule has 2 aromatic heterocycles. The third-order valence-electron chi connectivity index (χ3n) is 3.42. The SMILES string of the molecule is I.NC(=NCCc1cn2ccccc2n1)Nc1ccc(OC(F)(F)F)cc1. The second-order valence-corrected chi connectivity index (χ2v) is 5.41. The van der Waals surface area contributed by atoms with Crippen LogP contribution in [-0.2, 0) is 6.42 Å². The van der Waals surface area contributed by atoms with Crippen molar-refractivity contribution < 1.29 is 17.9 Å². The molecule has 0 radical (unpaired) electrons. The highest BCUT2D eigenvalue weighted by molar-refractivity contribution is 14.0. The average molecular weight is 491 g/mol. The van der Waals surface area contributed by atoms with Crippen LogP contribution < -0.4 is 15.8 Å². The Balaban J connectivity index is 0.00000261. The molecule has 27 heavy (non-hydrogen) atoms. The summed E-state index contributed by atoms with van der Waals surface area (Å²) in [5, 5.41) is 2.81. The molecule has 0 aliphatic rings. The number of imidazole rings is 1. The normalized spacial score (nSPS) is 11.9. The fraction of sp³-hybridized carbons (Fsp3) is 0.176. The molecule has 6 nitrogen and oxygen atoms in total. The first kappa shape index (κ1) is 20.8. The van der Waals surface area contributed by atoms with Gasteiger partial charge in [0.05, 0.1) is 5.69 Å². The summed E-state index contributed by atoms with van der Waals surface area (Å²) in [6.07, 6.45) is -0.263. The van der Waals surface area contributed by atoms with E-state index in [2.05, 4.69) is 20.0 Å². The Hall–Kier alpha value is -2.50. The van der Waals surface area contributed by atoms with Crippen LogP contribution in [0, 0.1) is 0 Å². The molecule has 0 amide bonds. The van der Waals surface area contributed by atoms with E-state index in [1.54, 1.807) is 0 Å². The molecule has 0 spiro atoms. The number of alkyl halides is 3. The highest BCUT2D eigenvalue weighted by Crippen LogP contribution is 2.23. The van der Waals surface area contributed by atoms with E-state index in [1.165, 1.54) is 24.3 Å². The van der Waals surface area contributed by atoms with Crippen molar-refractivity contribution in [2.45, 2.75) is 12.8 Å². The lowest BCUT2D eigenvalue weighted by atomic mass is 10.3. The highest BCUT2D eigenvalue weighted by atomic mass is 127. The standard InChI is InChI=1S/C17H16F3N5O.HI/c18-17(19,20)26-14-6-4-12(5-7-14)24-16(21)22-9-8-13-11-25-10-2-1-3-15(25)23-13;/h1-7,10-11H,8-9H2,(H3,21,22,24);1H. The number of ether oxygens (including phenoxy) is 1. The third-order valence-corrected chi connectivity index (χ3v) is 3.42. The lowest BCUT2D eigenvalue weighted by Crippen LogP contribution is -2.23. The molecule has 0 saturated heterocycles. The number of hydrogen-bond donors (Lipinski definition) is 2. The van der Waals surface area contributed by atoms with E-state index in [4.69, 9.17) is 5.73 Å². The number of hydrogen-bond acceptors (Lipinski definition) is 3. The van der Waals surface area contributed by atoms with Crippen LogP contribution in [0.15, 0.2) is 59.9 Å². The first-order valence-electron chi connectivity index (χ1n) is 7.74. The Labute approximate surface area is 170 Å². The molecule has 0 bridgehead atoms. The molecule has 3 N–H and O–H groups in total. The number of nitrogens with zero attached hydrogens (tertiary/aromatic N) is 3. The number of halogens is 4. The maximum absolute atomic E-state index is 12.1. The summed E-state index contributed by atoms with van der Waals surface area (Å²) >= 11 is 0. The molecular formula is C17H17F3IN5O. The van der Waals surface area contributed by atoms with Gasteiger partial charge in [-0.2, -0.15) is 0 Å². The maximum atomic E-state index is 12.1. The summed E-state index contributed by atoms with van der Waals surface area (Å²) in [5.74, 6) is -0.135. The number of rotatable bonds is 5. The van der Waals surface area contributed by atoms with Crippen molar-refractivity contribution in [2.24, 2.45) is 10.7 Å². The van der Waals surface area contributed by atoms with Gasteiger partial charge in [0.25, 0.3) is 0 Å². The van der Waals surface area contributed by atoms with Gasteiger partial charge < -0.3 is 20.2 Å². The van der Waals surface area contributed by atoms with E-state index in [-0.39, 0.29) is 35.7 Å². The Morgan fingerprint density at radius 3 is 2.59 bits per heavy atom. The first-order chi connectivity index (χ1) is 12.4. The summed E-state index contributed by atoms with van der Waals surface area (Å²) in [4.78, 5) is 8.65. The summed E-state index contributed by atoms with van der Waals surface area (Å²) in [7, 11) is 0. The van der Waals surface area contributed by atoms with Gasteiger partial charge in [-0.3, -0.25) is 4.99 Å². The van der Waals surface area contributed by atoms with E-state index < -0.39 is 6.36 Å². The third kappa shape index (κ3) is 6.31. The number of aliphatic imine (C=N–C) groups is 1. The van der Waals surface area contributed by atoms with Crippen molar-refractivity contribution in [1.82, 2.24) is 9.38 Å². The molecule has 3 aromatic rings. The van der Waals surface area contributed by atoms with Crippen LogP contribution in [-0.4, -0.2) is 28.3 Å². The number of nitrogens with one attached hydrogen (secondary N) is 1.